The summed E-state index contributed by atoms with van der Waals surface area (Å²) in [6, 6.07) is 16.6. The maximum atomic E-state index is 13.1. The Morgan fingerprint density at radius 2 is 1.84 bits per heavy atom. The van der Waals surface area contributed by atoms with Gasteiger partial charge in [-0.2, -0.15) is 0 Å². The van der Waals surface area contributed by atoms with Gasteiger partial charge in [-0.25, -0.2) is 0 Å². The summed E-state index contributed by atoms with van der Waals surface area (Å²) in [5, 5.41) is 2.86. The summed E-state index contributed by atoms with van der Waals surface area (Å²) in [4.78, 5) is 27.5. The Bertz CT molecular complexity index is 770. The van der Waals surface area contributed by atoms with Crippen LogP contribution in [0, 0.1) is 5.41 Å². The highest BCUT2D eigenvalue weighted by atomic mass is 16.5. The molecular weight excluding hydrogens is 316 g/mol. The second kappa shape index (κ2) is 6.97. The summed E-state index contributed by atoms with van der Waals surface area (Å²) in [6.07, 6.45) is 1.15. The summed E-state index contributed by atoms with van der Waals surface area (Å²) in [5.74, 6) is 0.273. The molecule has 0 saturated heterocycles. The number of carbonyl (C=O) groups excluding carboxylic acids is 2. The number of hydrogen-bond acceptors (Lipinski definition) is 3. The molecule has 0 unspecified atom stereocenters. The Labute approximate surface area is 147 Å². The Morgan fingerprint density at radius 3 is 2.44 bits per heavy atom. The topological polar surface area (TPSA) is 58.6 Å². The molecule has 130 valence electrons. The smallest absolute Gasteiger partial charge is 0.242 e. The lowest BCUT2D eigenvalue weighted by atomic mass is 10.0. The van der Waals surface area contributed by atoms with Crippen LogP contribution >= 0.6 is 0 Å². The van der Waals surface area contributed by atoms with Crippen LogP contribution in [0.4, 0.5) is 11.4 Å². The van der Waals surface area contributed by atoms with Gasteiger partial charge < -0.3 is 15.0 Å². The number of para-hydroxylation sites is 1. The van der Waals surface area contributed by atoms with Crippen molar-refractivity contribution in [2.24, 2.45) is 5.41 Å². The fourth-order valence-corrected chi connectivity index (χ4v) is 2.92. The van der Waals surface area contributed by atoms with E-state index in [2.05, 4.69) is 5.32 Å². The van der Waals surface area contributed by atoms with Gasteiger partial charge in [-0.15, -0.1) is 0 Å². The molecule has 0 radical (unpaired) electrons. The molecular formula is C20H22N2O3. The maximum Gasteiger partial charge on any atom is 0.242 e. The fourth-order valence-electron chi connectivity index (χ4n) is 2.92. The first-order valence-corrected chi connectivity index (χ1v) is 8.43. The van der Waals surface area contributed by atoms with Crippen molar-refractivity contribution < 1.29 is 14.3 Å². The zero-order valence-electron chi connectivity index (χ0n) is 14.5. The van der Waals surface area contributed by atoms with Crippen LogP contribution in [-0.4, -0.2) is 25.5 Å². The molecule has 0 spiro atoms. The summed E-state index contributed by atoms with van der Waals surface area (Å²) in [5.41, 5.74) is 0.483. The monoisotopic (exact) mass is 338 g/mol. The molecule has 1 fully saturated rings. The Hall–Kier alpha value is -2.82. The van der Waals surface area contributed by atoms with E-state index in [4.69, 9.17) is 4.74 Å². The molecule has 2 aromatic rings. The first-order valence-electron chi connectivity index (χ1n) is 8.43. The quantitative estimate of drug-likeness (QED) is 0.821. The van der Waals surface area contributed by atoms with Crippen LogP contribution in [0.1, 0.15) is 19.8 Å². The summed E-state index contributed by atoms with van der Waals surface area (Å²) in [6.45, 7) is 2.44. The highest BCUT2D eigenvalue weighted by Gasteiger charge is 2.58. The number of benzene rings is 2. The summed E-state index contributed by atoms with van der Waals surface area (Å²) in [7, 11) is 1.58. The largest absolute Gasteiger partial charge is 0.497 e. The lowest BCUT2D eigenvalue weighted by Gasteiger charge is -2.26. The minimum atomic E-state index is -0.963. The second-order valence-electron chi connectivity index (χ2n) is 6.15. The number of anilines is 2. The lowest BCUT2D eigenvalue weighted by Crippen LogP contribution is -2.43. The molecule has 0 aliphatic heterocycles. The van der Waals surface area contributed by atoms with Gasteiger partial charge >= 0.3 is 0 Å². The predicted molar refractivity (Wildman–Crippen MR) is 97.8 cm³/mol. The van der Waals surface area contributed by atoms with Crippen LogP contribution in [0.2, 0.25) is 0 Å². The van der Waals surface area contributed by atoms with Crippen LogP contribution in [0.25, 0.3) is 0 Å². The van der Waals surface area contributed by atoms with Gasteiger partial charge in [-0.05, 0) is 44.0 Å². The predicted octanol–water partition coefficient (Wildman–Crippen LogP) is 3.47. The van der Waals surface area contributed by atoms with Crippen LogP contribution in [-0.2, 0) is 9.59 Å². The van der Waals surface area contributed by atoms with Crippen molar-refractivity contribution in [1.82, 2.24) is 0 Å². The maximum absolute atomic E-state index is 13.1. The van der Waals surface area contributed by atoms with Gasteiger partial charge in [0.1, 0.15) is 11.2 Å². The van der Waals surface area contributed by atoms with E-state index in [9.17, 15) is 9.59 Å². The normalized spacial score (nSPS) is 14.5. The first-order chi connectivity index (χ1) is 12.1. The standard InChI is InChI=1S/C20H22N2O3/c1-3-22(16-9-5-4-6-10-16)19(24)20(12-13-20)18(23)21-15-8-7-11-17(14-15)25-2/h4-11,14H,3,12-13H2,1-2H3,(H,21,23). The van der Waals surface area contributed by atoms with Crippen molar-refractivity contribution in [3.8, 4) is 5.75 Å². The molecule has 0 atom stereocenters. The minimum Gasteiger partial charge on any atom is -0.497 e. The zero-order valence-corrected chi connectivity index (χ0v) is 14.5. The van der Waals surface area contributed by atoms with E-state index in [0.29, 0.717) is 30.8 Å². The van der Waals surface area contributed by atoms with Gasteiger partial charge in [0.2, 0.25) is 11.8 Å². The first kappa shape index (κ1) is 17.0. The van der Waals surface area contributed by atoms with Crippen molar-refractivity contribution >= 4 is 23.2 Å². The van der Waals surface area contributed by atoms with Crippen molar-refractivity contribution in [1.29, 1.82) is 0 Å². The van der Waals surface area contributed by atoms with Crippen molar-refractivity contribution in [2.45, 2.75) is 19.8 Å². The number of nitrogens with zero attached hydrogens (tertiary/aromatic N) is 1. The van der Waals surface area contributed by atoms with E-state index >= 15 is 0 Å². The number of nitrogens with one attached hydrogen (secondary N) is 1. The number of amides is 2. The van der Waals surface area contributed by atoms with Gasteiger partial charge in [0.05, 0.1) is 7.11 Å². The molecule has 2 aromatic carbocycles. The van der Waals surface area contributed by atoms with Gasteiger partial charge in [0.15, 0.2) is 0 Å². The Balaban J connectivity index is 1.78. The number of methoxy groups -OCH3 is 1. The Morgan fingerprint density at radius 1 is 1.12 bits per heavy atom. The lowest BCUT2D eigenvalue weighted by molar-refractivity contribution is -0.132. The zero-order chi connectivity index (χ0) is 17.9. The third-order valence-electron chi connectivity index (χ3n) is 4.55. The highest BCUT2D eigenvalue weighted by Crippen LogP contribution is 2.48. The number of rotatable bonds is 6. The van der Waals surface area contributed by atoms with Crippen LogP contribution < -0.4 is 15.0 Å². The fraction of sp³-hybridized carbons (Fsp3) is 0.300. The SMILES string of the molecule is CCN(C(=O)C1(C(=O)Nc2cccc(OC)c2)CC1)c1ccccc1. The molecule has 1 N–H and O–H groups in total. The summed E-state index contributed by atoms with van der Waals surface area (Å²) < 4.78 is 5.17. The van der Waals surface area contributed by atoms with E-state index in [1.165, 1.54) is 0 Å². The molecule has 0 bridgehead atoms. The van der Waals surface area contributed by atoms with E-state index in [0.717, 1.165) is 5.69 Å². The molecule has 2 amide bonds. The molecule has 1 saturated carbocycles. The van der Waals surface area contributed by atoms with E-state index in [1.807, 2.05) is 43.3 Å². The van der Waals surface area contributed by atoms with Crippen molar-refractivity contribution in [3.63, 3.8) is 0 Å². The van der Waals surface area contributed by atoms with E-state index in [1.54, 1.807) is 30.2 Å². The molecule has 1 aliphatic carbocycles. The minimum absolute atomic E-state index is 0.137. The number of ether oxygens (including phenoxy) is 1. The van der Waals surface area contributed by atoms with Crippen LogP contribution in [0.15, 0.2) is 54.6 Å². The molecule has 0 aromatic heterocycles. The molecule has 3 rings (SSSR count). The molecule has 1 aliphatic rings. The molecule has 5 heteroatoms. The summed E-state index contributed by atoms with van der Waals surface area (Å²) >= 11 is 0. The van der Waals surface area contributed by atoms with Gasteiger partial charge in [-0.3, -0.25) is 9.59 Å². The third-order valence-corrected chi connectivity index (χ3v) is 4.55. The average molecular weight is 338 g/mol. The van der Waals surface area contributed by atoms with Gasteiger partial charge in [0, 0.05) is 24.0 Å². The third kappa shape index (κ3) is 3.36. The van der Waals surface area contributed by atoms with Crippen LogP contribution in [0.3, 0.4) is 0 Å². The van der Waals surface area contributed by atoms with Crippen molar-refractivity contribution in [2.75, 3.05) is 23.9 Å². The number of carbonyl (C=O) groups is 2. The molecule has 0 heterocycles. The van der Waals surface area contributed by atoms with Gasteiger partial charge in [0.25, 0.3) is 0 Å². The Kier molecular flexibility index (Phi) is 4.74. The second-order valence-corrected chi connectivity index (χ2v) is 6.15. The average Bonchev–Trinajstić information content (AvgIpc) is 3.45. The van der Waals surface area contributed by atoms with E-state index in [-0.39, 0.29) is 11.8 Å². The van der Waals surface area contributed by atoms with Crippen molar-refractivity contribution in [3.05, 3.63) is 54.6 Å². The van der Waals surface area contributed by atoms with E-state index < -0.39 is 5.41 Å². The van der Waals surface area contributed by atoms with Gasteiger partial charge in [-0.1, -0.05) is 24.3 Å². The number of hydrogen-bond donors (Lipinski definition) is 1. The molecule has 25 heavy (non-hydrogen) atoms. The molecule has 5 nitrogen and oxygen atoms in total. The van der Waals surface area contributed by atoms with Crippen LogP contribution in [0.5, 0.6) is 5.75 Å². The highest BCUT2D eigenvalue weighted by molar-refractivity contribution is 6.17.